The van der Waals surface area contributed by atoms with Gasteiger partial charge >= 0.3 is 0 Å². The molecule has 26 heavy (non-hydrogen) atoms. The molecule has 0 aromatic heterocycles. The maximum atomic E-state index is 5.96. The lowest BCUT2D eigenvalue weighted by molar-refractivity contribution is 0.144. The Morgan fingerprint density at radius 2 is 1.88 bits per heavy atom. The molecule has 0 aliphatic carbocycles. The van der Waals surface area contributed by atoms with Crippen molar-refractivity contribution in [2.45, 2.75) is 26.5 Å². The van der Waals surface area contributed by atoms with Crippen LogP contribution in [0.3, 0.4) is 0 Å². The van der Waals surface area contributed by atoms with Gasteiger partial charge in [-0.05, 0) is 71.2 Å². The molecule has 6 heteroatoms. The van der Waals surface area contributed by atoms with Gasteiger partial charge in [-0.1, -0.05) is 23.7 Å². The van der Waals surface area contributed by atoms with E-state index in [2.05, 4.69) is 27.3 Å². The molecule has 1 N–H and O–H groups in total. The maximum Gasteiger partial charge on any atom is 0.175 e. The van der Waals surface area contributed by atoms with Crippen LogP contribution in [-0.2, 0) is 17.9 Å². The minimum Gasteiger partial charge on any atom is -0.493 e. The molecule has 0 saturated heterocycles. The third-order valence-electron chi connectivity index (χ3n) is 3.76. The van der Waals surface area contributed by atoms with Gasteiger partial charge in [0, 0.05) is 24.8 Å². The normalized spacial score (nSPS) is 10.8. The molecule has 0 unspecified atom stereocenters. The average molecular weight is 443 g/mol. The summed E-state index contributed by atoms with van der Waals surface area (Å²) in [5, 5.41) is 4.13. The fourth-order valence-corrected chi connectivity index (χ4v) is 3.16. The highest BCUT2D eigenvalue weighted by Crippen LogP contribution is 2.37. The van der Waals surface area contributed by atoms with Gasteiger partial charge in [-0.3, -0.25) is 0 Å². The van der Waals surface area contributed by atoms with Gasteiger partial charge in [-0.15, -0.1) is 0 Å². The van der Waals surface area contributed by atoms with E-state index < -0.39 is 0 Å². The summed E-state index contributed by atoms with van der Waals surface area (Å²) in [6.45, 7) is 5.68. The van der Waals surface area contributed by atoms with Crippen LogP contribution in [0.15, 0.2) is 40.9 Å². The van der Waals surface area contributed by atoms with Crippen LogP contribution >= 0.6 is 27.5 Å². The average Bonchev–Trinajstić information content (AvgIpc) is 2.64. The molecule has 2 aromatic carbocycles. The van der Waals surface area contributed by atoms with Crippen LogP contribution in [0.25, 0.3) is 0 Å². The molecule has 4 nitrogen and oxygen atoms in total. The Balaban J connectivity index is 1.94. The molecule has 0 amide bonds. The van der Waals surface area contributed by atoms with Crippen LogP contribution in [0, 0.1) is 0 Å². The topological polar surface area (TPSA) is 39.7 Å². The van der Waals surface area contributed by atoms with Gasteiger partial charge in [0.2, 0.25) is 0 Å². The SMILES string of the molecule is CCOCCCNCc1cc(Br)c(OCc2ccc(Cl)cc2)c(OC)c1. The van der Waals surface area contributed by atoms with E-state index in [1.807, 2.05) is 37.3 Å². The van der Waals surface area contributed by atoms with Gasteiger partial charge in [-0.25, -0.2) is 0 Å². The summed E-state index contributed by atoms with van der Waals surface area (Å²) in [6.07, 6.45) is 0.994. The largest absolute Gasteiger partial charge is 0.493 e. The molecule has 0 fully saturated rings. The lowest BCUT2D eigenvalue weighted by Gasteiger charge is -2.15. The third-order valence-corrected chi connectivity index (χ3v) is 4.60. The molecular formula is C20H25BrClNO3. The Labute approximate surface area is 168 Å². The van der Waals surface area contributed by atoms with Crippen molar-refractivity contribution < 1.29 is 14.2 Å². The van der Waals surface area contributed by atoms with Crippen molar-refractivity contribution in [3.8, 4) is 11.5 Å². The van der Waals surface area contributed by atoms with Crippen molar-refractivity contribution in [3.63, 3.8) is 0 Å². The summed E-state index contributed by atoms with van der Waals surface area (Å²) in [7, 11) is 1.65. The summed E-state index contributed by atoms with van der Waals surface area (Å²) >= 11 is 9.51. The second-order valence-corrected chi connectivity index (χ2v) is 7.04. The Morgan fingerprint density at radius 1 is 1.12 bits per heavy atom. The Morgan fingerprint density at radius 3 is 2.58 bits per heavy atom. The molecule has 0 heterocycles. The fourth-order valence-electron chi connectivity index (χ4n) is 2.43. The zero-order valence-electron chi connectivity index (χ0n) is 15.2. The quantitative estimate of drug-likeness (QED) is 0.485. The summed E-state index contributed by atoms with van der Waals surface area (Å²) in [5.41, 5.74) is 2.17. The lowest BCUT2D eigenvalue weighted by Crippen LogP contribution is -2.16. The first kappa shape index (κ1) is 21.0. The second kappa shape index (κ2) is 11.4. The molecule has 2 aromatic rings. The van der Waals surface area contributed by atoms with Gasteiger partial charge in [0.15, 0.2) is 11.5 Å². The highest BCUT2D eigenvalue weighted by Gasteiger charge is 2.12. The zero-order valence-corrected chi connectivity index (χ0v) is 17.5. The van der Waals surface area contributed by atoms with E-state index in [1.54, 1.807) is 7.11 Å². The van der Waals surface area contributed by atoms with Crippen molar-refractivity contribution in [3.05, 3.63) is 57.0 Å². The molecule has 0 spiro atoms. The van der Waals surface area contributed by atoms with Crippen LogP contribution < -0.4 is 14.8 Å². The van der Waals surface area contributed by atoms with E-state index in [4.69, 9.17) is 25.8 Å². The highest BCUT2D eigenvalue weighted by atomic mass is 79.9. The Bertz CT molecular complexity index is 680. The summed E-state index contributed by atoms with van der Waals surface area (Å²) < 4.78 is 17.7. The van der Waals surface area contributed by atoms with Gasteiger partial charge in [0.25, 0.3) is 0 Å². The molecule has 0 aliphatic heterocycles. The number of halogens is 2. The number of methoxy groups -OCH3 is 1. The summed E-state index contributed by atoms with van der Waals surface area (Å²) in [6, 6.07) is 11.7. The molecule has 142 valence electrons. The monoisotopic (exact) mass is 441 g/mol. The lowest BCUT2D eigenvalue weighted by atomic mass is 10.2. The van der Waals surface area contributed by atoms with Gasteiger partial charge in [0.1, 0.15) is 6.61 Å². The Hall–Kier alpha value is -1.27. The van der Waals surface area contributed by atoms with Crippen molar-refractivity contribution >= 4 is 27.5 Å². The first-order chi connectivity index (χ1) is 12.6. The molecule has 0 atom stereocenters. The van der Waals surface area contributed by atoms with Crippen molar-refractivity contribution in [1.29, 1.82) is 0 Å². The first-order valence-electron chi connectivity index (χ1n) is 8.66. The van der Waals surface area contributed by atoms with E-state index in [1.165, 1.54) is 0 Å². The smallest absolute Gasteiger partial charge is 0.175 e. The minimum atomic E-state index is 0.446. The summed E-state index contributed by atoms with van der Waals surface area (Å²) in [4.78, 5) is 0. The molecular weight excluding hydrogens is 418 g/mol. The maximum absolute atomic E-state index is 5.96. The van der Waals surface area contributed by atoms with Crippen molar-refractivity contribution in [2.24, 2.45) is 0 Å². The minimum absolute atomic E-state index is 0.446. The van der Waals surface area contributed by atoms with Crippen molar-refractivity contribution in [1.82, 2.24) is 5.32 Å². The number of benzene rings is 2. The first-order valence-corrected chi connectivity index (χ1v) is 9.83. The van der Waals surface area contributed by atoms with Crippen molar-refractivity contribution in [2.75, 3.05) is 26.9 Å². The van der Waals surface area contributed by atoms with E-state index in [9.17, 15) is 0 Å². The van der Waals surface area contributed by atoms with E-state index >= 15 is 0 Å². The highest BCUT2D eigenvalue weighted by molar-refractivity contribution is 9.10. The molecule has 0 aliphatic rings. The van der Waals surface area contributed by atoms with Gasteiger partial charge in [0.05, 0.1) is 11.6 Å². The van der Waals surface area contributed by atoms with Crippen LogP contribution in [0.1, 0.15) is 24.5 Å². The van der Waals surface area contributed by atoms with E-state index in [-0.39, 0.29) is 0 Å². The van der Waals surface area contributed by atoms with Gasteiger partial charge < -0.3 is 19.5 Å². The van der Waals surface area contributed by atoms with E-state index in [0.717, 1.165) is 48.3 Å². The number of hydrogen-bond acceptors (Lipinski definition) is 4. The fraction of sp³-hybridized carbons (Fsp3) is 0.400. The molecule has 0 radical (unpaired) electrons. The number of rotatable bonds is 11. The molecule has 0 bridgehead atoms. The number of hydrogen-bond donors (Lipinski definition) is 1. The number of ether oxygens (including phenoxy) is 3. The third kappa shape index (κ3) is 6.80. The van der Waals surface area contributed by atoms with Gasteiger partial charge in [-0.2, -0.15) is 0 Å². The zero-order chi connectivity index (χ0) is 18.8. The number of nitrogens with one attached hydrogen (secondary N) is 1. The van der Waals surface area contributed by atoms with Crippen LogP contribution in [0.2, 0.25) is 5.02 Å². The summed E-state index contributed by atoms with van der Waals surface area (Å²) in [5.74, 6) is 1.40. The van der Waals surface area contributed by atoms with Crippen LogP contribution in [0.5, 0.6) is 11.5 Å². The Kier molecular flexibility index (Phi) is 9.26. The predicted molar refractivity (Wildman–Crippen MR) is 109 cm³/mol. The molecule has 0 saturated carbocycles. The predicted octanol–water partition coefficient (Wildman–Crippen LogP) is 5.21. The van der Waals surface area contributed by atoms with E-state index in [0.29, 0.717) is 23.1 Å². The van der Waals surface area contributed by atoms with Crippen LogP contribution in [-0.4, -0.2) is 26.9 Å². The standard InChI is InChI=1S/C20H25BrClNO3/c1-3-25-10-4-9-23-13-16-11-18(21)20(19(12-16)24-2)26-14-15-5-7-17(22)8-6-15/h5-8,11-12,23H,3-4,9-10,13-14H2,1-2H3. The molecule has 2 rings (SSSR count). The second-order valence-electron chi connectivity index (χ2n) is 5.75. The van der Waals surface area contributed by atoms with Crippen LogP contribution in [0.4, 0.5) is 0 Å².